The number of nitrogens with zero attached hydrogens (tertiary/aromatic N) is 1. The van der Waals surface area contributed by atoms with Gasteiger partial charge in [0.25, 0.3) is 0 Å². The highest BCUT2D eigenvalue weighted by Crippen LogP contribution is 2.28. The summed E-state index contributed by atoms with van der Waals surface area (Å²) in [5.41, 5.74) is 8.54. The molecule has 0 spiro atoms. The lowest BCUT2D eigenvalue weighted by molar-refractivity contribution is 0.373. The standard InChI is InChI=1S/C14H22N2O2S/c1-14(2,3)10-19(17,18)16-8-7-11-5-4-6-13(15)12(11)9-16/h4-6H,7-10,15H2,1-3H3. The molecule has 1 aromatic carbocycles. The molecule has 0 saturated heterocycles. The quantitative estimate of drug-likeness (QED) is 0.844. The van der Waals surface area contributed by atoms with Crippen molar-refractivity contribution in [3.8, 4) is 0 Å². The number of hydrogen-bond donors (Lipinski definition) is 1. The maximum absolute atomic E-state index is 12.4. The summed E-state index contributed by atoms with van der Waals surface area (Å²) in [6.45, 7) is 6.78. The molecule has 106 valence electrons. The molecule has 0 fully saturated rings. The molecule has 0 aromatic heterocycles. The molecule has 0 unspecified atom stereocenters. The van der Waals surface area contributed by atoms with Gasteiger partial charge < -0.3 is 5.73 Å². The monoisotopic (exact) mass is 282 g/mol. The predicted molar refractivity (Wildman–Crippen MR) is 78.2 cm³/mol. The summed E-state index contributed by atoms with van der Waals surface area (Å²) in [5, 5.41) is 0. The first-order chi connectivity index (χ1) is 8.69. The largest absolute Gasteiger partial charge is 0.398 e. The summed E-state index contributed by atoms with van der Waals surface area (Å²) in [6.07, 6.45) is 0.740. The van der Waals surface area contributed by atoms with Crippen LogP contribution in [-0.4, -0.2) is 25.0 Å². The highest BCUT2D eigenvalue weighted by molar-refractivity contribution is 7.89. The number of anilines is 1. The zero-order valence-electron chi connectivity index (χ0n) is 11.8. The first-order valence-electron chi connectivity index (χ1n) is 6.53. The van der Waals surface area contributed by atoms with Crippen LogP contribution in [0.25, 0.3) is 0 Å². The second-order valence-corrected chi connectivity index (χ2v) is 8.35. The Labute approximate surface area is 115 Å². The van der Waals surface area contributed by atoms with Gasteiger partial charge in [0.15, 0.2) is 0 Å². The first-order valence-corrected chi connectivity index (χ1v) is 8.14. The molecule has 1 aliphatic heterocycles. The van der Waals surface area contributed by atoms with E-state index in [9.17, 15) is 8.42 Å². The summed E-state index contributed by atoms with van der Waals surface area (Å²) < 4.78 is 26.4. The van der Waals surface area contributed by atoms with E-state index in [1.807, 2.05) is 39.0 Å². The van der Waals surface area contributed by atoms with Crippen molar-refractivity contribution >= 4 is 15.7 Å². The number of hydrogen-bond acceptors (Lipinski definition) is 3. The van der Waals surface area contributed by atoms with Crippen molar-refractivity contribution in [3.63, 3.8) is 0 Å². The number of benzene rings is 1. The van der Waals surface area contributed by atoms with E-state index >= 15 is 0 Å². The summed E-state index contributed by atoms with van der Waals surface area (Å²) >= 11 is 0. The molecule has 0 bridgehead atoms. The fraction of sp³-hybridized carbons (Fsp3) is 0.571. The Kier molecular flexibility index (Phi) is 3.62. The minimum atomic E-state index is -3.22. The van der Waals surface area contributed by atoms with Crippen LogP contribution in [0.1, 0.15) is 31.9 Å². The molecule has 5 heteroatoms. The highest BCUT2D eigenvalue weighted by atomic mass is 32.2. The summed E-state index contributed by atoms with van der Waals surface area (Å²) in [6, 6.07) is 5.78. The minimum Gasteiger partial charge on any atom is -0.398 e. The van der Waals surface area contributed by atoms with Crippen LogP contribution in [0.15, 0.2) is 18.2 Å². The molecule has 1 aliphatic rings. The van der Waals surface area contributed by atoms with E-state index < -0.39 is 10.0 Å². The van der Waals surface area contributed by atoms with Crippen LogP contribution in [0.4, 0.5) is 5.69 Å². The fourth-order valence-electron chi connectivity index (χ4n) is 2.46. The molecular weight excluding hydrogens is 260 g/mol. The molecule has 0 atom stereocenters. The third kappa shape index (κ3) is 3.28. The van der Waals surface area contributed by atoms with E-state index in [1.54, 1.807) is 4.31 Å². The fourth-order valence-corrected chi connectivity index (χ4v) is 4.43. The second kappa shape index (κ2) is 4.80. The van der Waals surface area contributed by atoms with E-state index in [4.69, 9.17) is 5.73 Å². The maximum Gasteiger partial charge on any atom is 0.214 e. The zero-order valence-corrected chi connectivity index (χ0v) is 12.6. The smallest absolute Gasteiger partial charge is 0.214 e. The number of sulfonamides is 1. The highest BCUT2D eigenvalue weighted by Gasteiger charge is 2.31. The van der Waals surface area contributed by atoms with Crippen molar-refractivity contribution in [1.82, 2.24) is 4.31 Å². The number of fused-ring (bicyclic) bond motifs is 1. The lowest BCUT2D eigenvalue weighted by atomic mass is 10.00. The van der Waals surface area contributed by atoms with Crippen molar-refractivity contribution in [1.29, 1.82) is 0 Å². The minimum absolute atomic E-state index is 0.169. The molecule has 0 aliphatic carbocycles. The number of nitrogen functional groups attached to an aromatic ring is 1. The Hall–Kier alpha value is -1.07. The van der Waals surface area contributed by atoms with Crippen LogP contribution >= 0.6 is 0 Å². The van der Waals surface area contributed by atoms with E-state index in [0.717, 1.165) is 12.0 Å². The normalized spacial score (nSPS) is 17.2. The van der Waals surface area contributed by atoms with E-state index in [1.165, 1.54) is 5.56 Å². The van der Waals surface area contributed by atoms with Gasteiger partial charge in [-0.1, -0.05) is 32.9 Å². The van der Waals surface area contributed by atoms with Gasteiger partial charge in [0.1, 0.15) is 0 Å². The van der Waals surface area contributed by atoms with Gasteiger partial charge in [-0.25, -0.2) is 8.42 Å². The first kappa shape index (κ1) is 14.3. The van der Waals surface area contributed by atoms with Gasteiger partial charge in [0, 0.05) is 18.8 Å². The number of rotatable bonds is 2. The maximum atomic E-state index is 12.4. The van der Waals surface area contributed by atoms with Crippen LogP contribution in [0.2, 0.25) is 0 Å². The Bertz CT molecular complexity index is 574. The van der Waals surface area contributed by atoms with Gasteiger partial charge >= 0.3 is 0 Å². The third-order valence-corrected chi connectivity index (χ3v) is 5.61. The lowest BCUT2D eigenvalue weighted by Gasteiger charge is -2.31. The summed E-state index contributed by atoms with van der Waals surface area (Å²) in [4.78, 5) is 0. The van der Waals surface area contributed by atoms with Crippen molar-refractivity contribution in [2.45, 2.75) is 33.7 Å². The predicted octanol–water partition coefficient (Wildman–Crippen LogP) is 2.00. The molecular formula is C14H22N2O2S. The van der Waals surface area contributed by atoms with Gasteiger partial charge in [-0.2, -0.15) is 4.31 Å². The Balaban J connectivity index is 2.25. The molecule has 19 heavy (non-hydrogen) atoms. The SMILES string of the molecule is CC(C)(C)CS(=O)(=O)N1CCc2cccc(N)c2C1. The molecule has 0 saturated carbocycles. The van der Waals surface area contributed by atoms with Crippen molar-refractivity contribution in [3.05, 3.63) is 29.3 Å². The summed E-state index contributed by atoms with van der Waals surface area (Å²) in [7, 11) is -3.22. The van der Waals surface area contributed by atoms with Crippen molar-refractivity contribution in [2.75, 3.05) is 18.0 Å². The van der Waals surface area contributed by atoms with Gasteiger partial charge in [-0.05, 0) is 29.0 Å². The van der Waals surface area contributed by atoms with E-state index in [-0.39, 0.29) is 11.2 Å². The van der Waals surface area contributed by atoms with E-state index in [2.05, 4.69) is 0 Å². The molecule has 1 aromatic rings. The molecule has 1 heterocycles. The second-order valence-electron chi connectivity index (χ2n) is 6.39. The lowest BCUT2D eigenvalue weighted by Crippen LogP contribution is -2.40. The third-order valence-electron chi connectivity index (χ3n) is 3.28. The van der Waals surface area contributed by atoms with Gasteiger partial charge in [-0.3, -0.25) is 0 Å². The average Bonchev–Trinajstić information content (AvgIpc) is 2.26. The summed E-state index contributed by atoms with van der Waals surface area (Å²) in [5.74, 6) is 0.169. The number of nitrogens with two attached hydrogens (primary N) is 1. The van der Waals surface area contributed by atoms with Gasteiger partial charge in [-0.15, -0.1) is 0 Å². The van der Waals surface area contributed by atoms with Gasteiger partial charge in [0.05, 0.1) is 5.75 Å². The Morgan fingerprint density at radius 2 is 2.00 bits per heavy atom. The van der Waals surface area contributed by atoms with Crippen LogP contribution in [-0.2, 0) is 23.0 Å². The molecule has 2 N–H and O–H groups in total. The Morgan fingerprint density at radius 1 is 1.32 bits per heavy atom. The van der Waals surface area contributed by atoms with Crippen LogP contribution in [0.3, 0.4) is 0 Å². The average molecular weight is 282 g/mol. The molecule has 0 radical (unpaired) electrons. The van der Waals surface area contributed by atoms with Crippen LogP contribution in [0, 0.1) is 5.41 Å². The van der Waals surface area contributed by atoms with Crippen LogP contribution in [0.5, 0.6) is 0 Å². The van der Waals surface area contributed by atoms with Crippen molar-refractivity contribution in [2.24, 2.45) is 5.41 Å². The molecule has 0 amide bonds. The van der Waals surface area contributed by atoms with Crippen molar-refractivity contribution < 1.29 is 8.42 Å². The molecule has 2 rings (SSSR count). The molecule has 4 nitrogen and oxygen atoms in total. The van der Waals surface area contributed by atoms with E-state index in [0.29, 0.717) is 18.8 Å². The topological polar surface area (TPSA) is 63.4 Å². The Morgan fingerprint density at radius 3 is 2.63 bits per heavy atom. The zero-order chi connectivity index (χ0) is 14.3. The van der Waals surface area contributed by atoms with Gasteiger partial charge in [0.2, 0.25) is 10.0 Å². The van der Waals surface area contributed by atoms with Crippen LogP contribution < -0.4 is 5.73 Å².